The van der Waals surface area contributed by atoms with Crippen LogP contribution in [0.4, 0.5) is 5.69 Å². The summed E-state index contributed by atoms with van der Waals surface area (Å²) < 4.78 is 6.17. The third-order valence-electron chi connectivity index (χ3n) is 3.27. The minimum absolute atomic E-state index is 0.297. The maximum absolute atomic E-state index is 12.7. The number of carbonyl (C=O) groups excluding carboxylic acids is 1. The Hall–Kier alpha value is -1.63. The molecule has 0 aliphatic carbocycles. The first-order chi connectivity index (χ1) is 11.0. The molecular weight excluding hydrogens is 400 g/mol. The van der Waals surface area contributed by atoms with Crippen LogP contribution in [0.1, 0.15) is 21.7 Å². The molecule has 0 fully saturated rings. The van der Waals surface area contributed by atoms with Crippen LogP contribution in [0.25, 0.3) is 10.6 Å². The molecule has 23 heavy (non-hydrogen) atoms. The van der Waals surface area contributed by atoms with Gasteiger partial charge in [-0.05, 0) is 59.6 Å². The predicted molar refractivity (Wildman–Crippen MR) is 96.4 cm³/mol. The molecule has 0 saturated carbocycles. The summed E-state index contributed by atoms with van der Waals surface area (Å²) in [6, 6.07) is 9.26. The Morgan fingerprint density at radius 3 is 2.74 bits per heavy atom. The fourth-order valence-corrected chi connectivity index (χ4v) is 3.81. The third-order valence-corrected chi connectivity index (χ3v) is 5.21. The number of amides is 1. The quantitative estimate of drug-likeness (QED) is 0.602. The monoisotopic (exact) mass is 410 g/mol. The topological polar surface area (TPSA) is 55.1 Å². The van der Waals surface area contributed by atoms with Crippen LogP contribution in [-0.2, 0) is 0 Å². The van der Waals surface area contributed by atoms with E-state index in [1.165, 1.54) is 11.3 Å². The third kappa shape index (κ3) is 3.34. The smallest absolute Gasteiger partial charge is 0.261 e. The molecule has 1 N–H and O–H groups in total. The van der Waals surface area contributed by atoms with Gasteiger partial charge >= 0.3 is 0 Å². The molecular formula is C16H12BrClN2O2S. The molecule has 0 aliphatic heterocycles. The van der Waals surface area contributed by atoms with Gasteiger partial charge in [-0.1, -0.05) is 22.8 Å². The van der Waals surface area contributed by atoms with E-state index in [1.54, 1.807) is 19.1 Å². The molecule has 0 spiro atoms. The highest BCUT2D eigenvalue weighted by Gasteiger charge is 2.23. The van der Waals surface area contributed by atoms with Gasteiger partial charge in [-0.3, -0.25) is 4.79 Å². The molecule has 0 atom stereocenters. The molecule has 3 aromatic rings. The number of nitrogens with one attached hydrogen (secondary N) is 1. The normalized spacial score (nSPS) is 10.8. The van der Waals surface area contributed by atoms with Crippen molar-refractivity contribution in [3.8, 4) is 10.6 Å². The Morgan fingerprint density at radius 2 is 2.09 bits per heavy atom. The van der Waals surface area contributed by atoms with Crippen molar-refractivity contribution in [3.05, 3.63) is 56.0 Å². The molecule has 2 heterocycles. The second-order valence-electron chi connectivity index (χ2n) is 5.00. The van der Waals surface area contributed by atoms with Crippen molar-refractivity contribution in [1.29, 1.82) is 0 Å². The molecule has 0 aliphatic rings. The molecule has 7 heteroatoms. The van der Waals surface area contributed by atoms with E-state index in [0.29, 0.717) is 27.7 Å². The van der Waals surface area contributed by atoms with Crippen molar-refractivity contribution in [2.45, 2.75) is 13.8 Å². The summed E-state index contributed by atoms with van der Waals surface area (Å²) in [5.41, 5.74) is 2.52. The summed E-state index contributed by atoms with van der Waals surface area (Å²) in [6.07, 6.45) is 0. The predicted octanol–water partition coefficient (Wildman–Crippen LogP) is 5.69. The number of aryl methyl sites for hydroxylation is 2. The molecule has 0 unspecified atom stereocenters. The van der Waals surface area contributed by atoms with Crippen LogP contribution in [-0.4, -0.2) is 11.1 Å². The number of benzene rings is 1. The molecule has 2 aromatic heterocycles. The van der Waals surface area contributed by atoms with E-state index >= 15 is 0 Å². The van der Waals surface area contributed by atoms with Crippen molar-refractivity contribution >= 4 is 50.5 Å². The first-order valence-corrected chi connectivity index (χ1v) is 8.74. The zero-order valence-corrected chi connectivity index (χ0v) is 15.5. The number of thiophene rings is 1. The Labute approximate surface area is 150 Å². The zero-order valence-electron chi connectivity index (χ0n) is 12.3. The Kier molecular flexibility index (Phi) is 4.57. The summed E-state index contributed by atoms with van der Waals surface area (Å²) in [7, 11) is 0. The lowest BCUT2D eigenvalue weighted by Gasteiger charge is -2.08. The van der Waals surface area contributed by atoms with Gasteiger partial charge in [-0.15, -0.1) is 11.3 Å². The van der Waals surface area contributed by atoms with Crippen molar-refractivity contribution in [2.75, 3.05) is 5.32 Å². The lowest BCUT2D eigenvalue weighted by atomic mass is 10.1. The maximum atomic E-state index is 12.7. The summed E-state index contributed by atoms with van der Waals surface area (Å²) in [5, 5.41) is 7.33. The summed E-state index contributed by atoms with van der Waals surface area (Å²) in [4.78, 5) is 13.5. The summed E-state index contributed by atoms with van der Waals surface area (Å²) in [5.74, 6) is 0.166. The lowest BCUT2D eigenvalue weighted by Crippen LogP contribution is -2.13. The number of hydrogen-bond acceptors (Lipinski definition) is 4. The number of rotatable bonds is 3. The van der Waals surface area contributed by atoms with Gasteiger partial charge in [0.05, 0.1) is 19.4 Å². The van der Waals surface area contributed by atoms with Crippen LogP contribution in [0, 0.1) is 13.8 Å². The van der Waals surface area contributed by atoms with E-state index in [-0.39, 0.29) is 5.91 Å². The number of nitrogens with zero attached hydrogens (tertiary/aromatic N) is 1. The zero-order chi connectivity index (χ0) is 16.6. The average molecular weight is 412 g/mol. The van der Waals surface area contributed by atoms with Crippen molar-refractivity contribution < 1.29 is 9.32 Å². The first kappa shape index (κ1) is 16.2. The molecule has 4 nitrogen and oxygen atoms in total. The van der Waals surface area contributed by atoms with Gasteiger partial charge in [-0.2, -0.15) is 0 Å². The number of halogens is 2. The number of hydrogen-bond donors (Lipinski definition) is 1. The van der Waals surface area contributed by atoms with E-state index in [1.807, 2.05) is 25.1 Å². The molecule has 1 amide bonds. The average Bonchev–Trinajstić information content (AvgIpc) is 3.07. The standard InChI is InChI=1S/C16H12BrClN2O2S/c1-8-3-4-11(10(18)7-8)19-16(21)14-9(2)22-20-15(14)12-5-6-13(17)23-12/h3-7H,1-2H3,(H,19,21). The van der Waals surface area contributed by atoms with Crippen molar-refractivity contribution in [3.63, 3.8) is 0 Å². The van der Waals surface area contributed by atoms with Gasteiger partial charge in [0.1, 0.15) is 17.0 Å². The van der Waals surface area contributed by atoms with E-state index in [2.05, 4.69) is 26.4 Å². The fraction of sp³-hybridized carbons (Fsp3) is 0.125. The van der Waals surface area contributed by atoms with E-state index in [4.69, 9.17) is 16.1 Å². The van der Waals surface area contributed by atoms with E-state index < -0.39 is 0 Å². The molecule has 3 rings (SSSR count). The highest BCUT2D eigenvalue weighted by atomic mass is 79.9. The Morgan fingerprint density at radius 1 is 1.30 bits per heavy atom. The van der Waals surface area contributed by atoms with E-state index in [0.717, 1.165) is 14.2 Å². The first-order valence-electron chi connectivity index (χ1n) is 6.75. The molecule has 1 aromatic carbocycles. The molecule has 0 bridgehead atoms. The highest BCUT2D eigenvalue weighted by Crippen LogP contribution is 2.34. The van der Waals surface area contributed by atoms with Gasteiger partial charge in [0.25, 0.3) is 5.91 Å². The SMILES string of the molecule is Cc1ccc(NC(=O)c2c(-c3ccc(Br)s3)noc2C)c(Cl)c1. The van der Waals surface area contributed by atoms with Crippen molar-refractivity contribution in [1.82, 2.24) is 5.16 Å². The van der Waals surface area contributed by atoms with Crippen LogP contribution in [0.5, 0.6) is 0 Å². The van der Waals surface area contributed by atoms with Gasteiger partial charge in [0.15, 0.2) is 0 Å². The minimum atomic E-state index is -0.297. The second kappa shape index (κ2) is 6.47. The summed E-state index contributed by atoms with van der Waals surface area (Å²) >= 11 is 11.1. The van der Waals surface area contributed by atoms with Gasteiger partial charge in [0, 0.05) is 0 Å². The van der Waals surface area contributed by atoms with Crippen LogP contribution >= 0.6 is 38.9 Å². The largest absolute Gasteiger partial charge is 0.360 e. The van der Waals surface area contributed by atoms with Gasteiger partial charge in [-0.25, -0.2) is 0 Å². The number of carbonyl (C=O) groups is 1. The Balaban J connectivity index is 1.95. The highest BCUT2D eigenvalue weighted by molar-refractivity contribution is 9.11. The van der Waals surface area contributed by atoms with E-state index in [9.17, 15) is 4.79 Å². The van der Waals surface area contributed by atoms with Crippen LogP contribution in [0.3, 0.4) is 0 Å². The second-order valence-corrected chi connectivity index (χ2v) is 7.87. The molecule has 118 valence electrons. The number of anilines is 1. The lowest BCUT2D eigenvalue weighted by molar-refractivity contribution is 0.102. The molecule has 0 radical (unpaired) electrons. The summed E-state index contributed by atoms with van der Waals surface area (Å²) in [6.45, 7) is 3.65. The maximum Gasteiger partial charge on any atom is 0.261 e. The van der Waals surface area contributed by atoms with Gasteiger partial charge in [0.2, 0.25) is 0 Å². The van der Waals surface area contributed by atoms with Crippen LogP contribution in [0.2, 0.25) is 5.02 Å². The fourth-order valence-electron chi connectivity index (χ4n) is 2.16. The van der Waals surface area contributed by atoms with Crippen LogP contribution < -0.4 is 5.32 Å². The number of aromatic nitrogens is 1. The van der Waals surface area contributed by atoms with Crippen molar-refractivity contribution in [2.24, 2.45) is 0 Å². The minimum Gasteiger partial charge on any atom is -0.360 e. The van der Waals surface area contributed by atoms with Crippen LogP contribution in [0.15, 0.2) is 38.6 Å². The molecule has 0 saturated heterocycles. The Bertz CT molecular complexity index is 888. The van der Waals surface area contributed by atoms with Gasteiger partial charge < -0.3 is 9.84 Å².